The van der Waals surface area contributed by atoms with Crippen molar-refractivity contribution in [2.45, 2.75) is 0 Å². The van der Waals surface area contributed by atoms with Crippen molar-refractivity contribution >= 4 is 11.0 Å². The van der Waals surface area contributed by atoms with E-state index in [1.807, 2.05) is 24.3 Å². The third-order valence-electron chi connectivity index (χ3n) is 3.48. The molecule has 1 aromatic carbocycles. The lowest BCUT2D eigenvalue weighted by atomic mass is 10.1. The van der Waals surface area contributed by atoms with Crippen LogP contribution in [0.1, 0.15) is 0 Å². The van der Waals surface area contributed by atoms with Crippen LogP contribution in [0.3, 0.4) is 0 Å². The minimum absolute atomic E-state index is 0.933. The van der Waals surface area contributed by atoms with Crippen LogP contribution in [0.2, 0.25) is 0 Å². The second kappa shape index (κ2) is 3.99. The van der Waals surface area contributed by atoms with Gasteiger partial charge in [0.25, 0.3) is 0 Å². The van der Waals surface area contributed by atoms with Crippen LogP contribution in [0.15, 0.2) is 77.2 Å². The molecule has 0 saturated heterocycles. The normalized spacial score (nSPS) is 11.2. The molecule has 0 N–H and O–H groups in total. The predicted molar refractivity (Wildman–Crippen MR) is 78.3 cm³/mol. The van der Waals surface area contributed by atoms with Gasteiger partial charge in [0.15, 0.2) is 0 Å². The molecule has 0 amide bonds. The van der Waals surface area contributed by atoms with Crippen molar-refractivity contribution in [3.63, 3.8) is 0 Å². The monoisotopic (exact) mass is 244 g/mol. The molecule has 0 spiro atoms. The highest BCUT2D eigenvalue weighted by Crippen LogP contribution is 2.37. The maximum absolute atomic E-state index is 5.95. The van der Waals surface area contributed by atoms with Gasteiger partial charge in [-0.05, 0) is 29.3 Å². The molecule has 1 aromatic heterocycles. The molecule has 0 fully saturated rings. The number of furan rings is 1. The SMILES string of the molecule is c1ccc2ccc(-c3cc4ccccc4o3)c-2cc1. The number of benzene rings is 1. The van der Waals surface area contributed by atoms with E-state index in [1.54, 1.807) is 0 Å². The van der Waals surface area contributed by atoms with Crippen molar-refractivity contribution in [1.82, 2.24) is 0 Å². The third kappa shape index (κ3) is 1.63. The van der Waals surface area contributed by atoms with Crippen LogP contribution in [0.4, 0.5) is 0 Å². The van der Waals surface area contributed by atoms with E-state index in [0.717, 1.165) is 22.3 Å². The van der Waals surface area contributed by atoms with Gasteiger partial charge in [0.1, 0.15) is 11.3 Å². The smallest absolute Gasteiger partial charge is 0.136 e. The van der Waals surface area contributed by atoms with Crippen molar-refractivity contribution in [2.75, 3.05) is 0 Å². The molecule has 0 unspecified atom stereocenters. The molecule has 19 heavy (non-hydrogen) atoms. The first-order valence-corrected chi connectivity index (χ1v) is 6.38. The highest BCUT2D eigenvalue weighted by Gasteiger charge is 2.13. The first-order chi connectivity index (χ1) is 9.42. The van der Waals surface area contributed by atoms with E-state index >= 15 is 0 Å². The van der Waals surface area contributed by atoms with Crippen LogP contribution >= 0.6 is 0 Å². The van der Waals surface area contributed by atoms with Gasteiger partial charge in [0.2, 0.25) is 0 Å². The predicted octanol–water partition coefficient (Wildman–Crippen LogP) is 5.20. The largest absolute Gasteiger partial charge is 0.456 e. The maximum atomic E-state index is 5.95. The number of para-hydroxylation sites is 1. The lowest BCUT2D eigenvalue weighted by molar-refractivity contribution is 0.632. The lowest BCUT2D eigenvalue weighted by Crippen LogP contribution is -1.71. The molecule has 0 saturated carbocycles. The third-order valence-corrected chi connectivity index (χ3v) is 3.48. The first-order valence-electron chi connectivity index (χ1n) is 6.38. The van der Waals surface area contributed by atoms with Crippen molar-refractivity contribution in [3.8, 4) is 22.5 Å². The molecule has 2 aliphatic rings. The van der Waals surface area contributed by atoms with E-state index in [4.69, 9.17) is 4.42 Å². The molecule has 1 heterocycles. The van der Waals surface area contributed by atoms with Crippen molar-refractivity contribution in [1.29, 1.82) is 0 Å². The van der Waals surface area contributed by atoms with Crippen LogP contribution in [-0.2, 0) is 0 Å². The van der Waals surface area contributed by atoms with E-state index in [0.29, 0.717) is 0 Å². The van der Waals surface area contributed by atoms with E-state index in [9.17, 15) is 0 Å². The van der Waals surface area contributed by atoms with Gasteiger partial charge in [0, 0.05) is 10.9 Å². The van der Waals surface area contributed by atoms with Gasteiger partial charge >= 0.3 is 0 Å². The Balaban J connectivity index is 1.96. The van der Waals surface area contributed by atoms with Crippen LogP contribution in [0, 0.1) is 0 Å². The fraction of sp³-hybridized carbons (Fsp3) is 0. The van der Waals surface area contributed by atoms with Crippen molar-refractivity contribution < 1.29 is 4.42 Å². The standard InChI is InChI=1S/C18H12O/c1-2-6-13-10-11-16(15(13)8-3-1)18-12-14-7-4-5-9-17(14)19-18/h1-12H. The van der Waals surface area contributed by atoms with Gasteiger partial charge < -0.3 is 4.42 Å². The van der Waals surface area contributed by atoms with Gasteiger partial charge in [0.05, 0.1) is 0 Å². The van der Waals surface area contributed by atoms with E-state index in [2.05, 4.69) is 48.5 Å². The summed E-state index contributed by atoms with van der Waals surface area (Å²) in [5.74, 6) is 0.933. The maximum Gasteiger partial charge on any atom is 0.136 e. The summed E-state index contributed by atoms with van der Waals surface area (Å²) in [5.41, 5.74) is 4.55. The molecule has 90 valence electrons. The Bertz CT molecular complexity index is 793. The number of hydrogen-bond donors (Lipinski definition) is 0. The number of fused-ring (bicyclic) bond motifs is 2. The van der Waals surface area contributed by atoms with E-state index in [1.165, 1.54) is 11.1 Å². The van der Waals surface area contributed by atoms with Gasteiger partial charge in [-0.25, -0.2) is 0 Å². The molecule has 2 aliphatic carbocycles. The molecular weight excluding hydrogens is 232 g/mol. The summed E-state index contributed by atoms with van der Waals surface area (Å²) >= 11 is 0. The zero-order valence-corrected chi connectivity index (χ0v) is 10.3. The van der Waals surface area contributed by atoms with Crippen LogP contribution in [-0.4, -0.2) is 0 Å². The molecule has 0 radical (unpaired) electrons. The fourth-order valence-corrected chi connectivity index (χ4v) is 2.54. The summed E-state index contributed by atoms with van der Waals surface area (Å²) in [5, 5.41) is 1.15. The summed E-state index contributed by atoms with van der Waals surface area (Å²) < 4.78 is 5.95. The second-order valence-electron chi connectivity index (χ2n) is 4.68. The van der Waals surface area contributed by atoms with Crippen molar-refractivity contribution in [3.05, 3.63) is 72.8 Å². The van der Waals surface area contributed by atoms with Gasteiger partial charge in [-0.2, -0.15) is 0 Å². The minimum Gasteiger partial charge on any atom is -0.456 e. The second-order valence-corrected chi connectivity index (χ2v) is 4.68. The average molecular weight is 244 g/mol. The van der Waals surface area contributed by atoms with Crippen LogP contribution in [0.25, 0.3) is 33.4 Å². The minimum atomic E-state index is 0.933. The summed E-state index contributed by atoms with van der Waals surface area (Å²) in [4.78, 5) is 0. The Morgan fingerprint density at radius 3 is 2.42 bits per heavy atom. The Morgan fingerprint density at radius 1 is 0.632 bits per heavy atom. The fourth-order valence-electron chi connectivity index (χ4n) is 2.54. The number of rotatable bonds is 1. The highest BCUT2D eigenvalue weighted by molar-refractivity contribution is 5.89. The summed E-state index contributed by atoms with van der Waals surface area (Å²) in [6.45, 7) is 0. The summed E-state index contributed by atoms with van der Waals surface area (Å²) in [6, 6.07) is 24.9. The molecule has 0 atom stereocenters. The molecule has 1 heteroatoms. The van der Waals surface area contributed by atoms with Gasteiger partial charge in [-0.1, -0.05) is 54.6 Å². The molecule has 0 bridgehead atoms. The Hall–Kier alpha value is -2.54. The average Bonchev–Trinajstić information content (AvgIpc) is 2.96. The Labute approximate surface area is 111 Å². The van der Waals surface area contributed by atoms with Crippen LogP contribution < -0.4 is 0 Å². The van der Waals surface area contributed by atoms with Gasteiger partial charge in [-0.3, -0.25) is 0 Å². The Kier molecular flexibility index (Phi) is 2.18. The molecule has 1 nitrogen and oxygen atoms in total. The summed E-state index contributed by atoms with van der Waals surface area (Å²) in [6.07, 6.45) is 0. The van der Waals surface area contributed by atoms with Gasteiger partial charge in [-0.15, -0.1) is 0 Å². The molecule has 0 aliphatic heterocycles. The lowest BCUT2D eigenvalue weighted by Gasteiger charge is -1.97. The zero-order valence-electron chi connectivity index (χ0n) is 10.3. The first kappa shape index (κ1) is 10.4. The highest BCUT2D eigenvalue weighted by atomic mass is 16.3. The zero-order chi connectivity index (χ0) is 12.7. The Morgan fingerprint density at radius 2 is 1.47 bits per heavy atom. The van der Waals surface area contributed by atoms with E-state index < -0.39 is 0 Å². The molecule has 4 rings (SSSR count). The van der Waals surface area contributed by atoms with Crippen molar-refractivity contribution in [2.24, 2.45) is 0 Å². The molecular formula is C18H12O. The number of hydrogen-bond acceptors (Lipinski definition) is 1. The quantitative estimate of drug-likeness (QED) is 0.448. The van der Waals surface area contributed by atoms with E-state index in [-0.39, 0.29) is 0 Å². The topological polar surface area (TPSA) is 13.1 Å². The summed E-state index contributed by atoms with van der Waals surface area (Å²) in [7, 11) is 0. The van der Waals surface area contributed by atoms with Crippen LogP contribution in [0.5, 0.6) is 0 Å². The molecule has 2 aromatic rings.